The number of aryl methyl sites for hydroxylation is 1. The van der Waals surface area contributed by atoms with E-state index in [0.29, 0.717) is 36.5 Å². The Morgan fingerprint density at radius 3 is 2.54 bits per heavy atom. The largest absolute Gasteiger partial charge is 0.481 e. The number of alkyl halides is 3. The first-order chi connectivity index (χ1) is 18.7. The number of rotatable bonds is 10. The third kappa shape index (κ3) is 7.50. The predicted molar refractivity (Wildman–Crippen MR) is 147 cm³/mol. The fraction of sp³-hybridized carbons (Fsp3) is 0.484. The number of oxime groups is 1. The van der Waals surface area contributed by atoms with Gasteiger partial charge in [-0.3, -0.25) is 9.69 Å². The molecule has 39 heavy (non-hydrogen) atoms. The van der Waals surface area contributed by atoms with Crippen LogP contribution in [0.25, 0.3) is 6.08 Å². The van der Waals surface area contributed by atoms with Gasteiger partial charge in [0.25, 0.3) is 0 Å². The van der Waals surface area contributed by atoms with Gasteiger partial charge < -0.3 is 9.94 Å². The van der Waals surface area contributed by atoms with Crippen LogP contribution in [0.1, 0.15) is 85.3 Å². The van der Waals surface area contributed by atoms with E-state index in [9.17, 15) is 18.0 Å². The average Bonchev–Trinajstić information content (AvgIpc) is 2.89. The van der Waals surface area contributed by atoms with Crippen molar-refractivity contribution in [1.29, 1.82) is 0 Å². The number of likely N-dealkylation sites (tertiary alicyclic amines) is 1. The van der Waals surface area contributed by atoms with Gasteiger partial charge in [0.2, 0.25) is 0 Å². The van der Waals surface area contributed by atoms with Crippen molar-refractivity contribution in [2.75, 3.05) is 19.6 Å². The van der Waals surface area contributed by atoms with Crippen molar-refractivity contribution in [2.45, 2.75) is 71.1 Å². The molecular formula is C31H37F3N2O3. The number of carboxylic acids is 1. The number of carbonyl (C=O) groups is 1. The van der Waals surface area contributed by atoms with E-state index in [4.69, 9.17) is 9.94 Å². The number of hydrogen-bond donors (Lipinski definition) is 1. The second kappa shape index (κ2) is 12.8. The summed E-state index contributed by atoms with van der Waals surface area (Å²) in [4.78, 5) is 18.5. The summed E-state index contributed by atoms with van der Waals surface area (Å²) in [6, 6.07) is 10.6. The maximum Gasteiger partial charge on any atom is 0.416 e. The molecule has 0 spiro atoms. The molecule has 8 heteroatoms. The molecule has 5 nitrogen and oxygen atoms in total. The lowest BCUT2D eigenvalue weighted by atomic mass is 9.81. The van der Waals surface area contributed by atoms with Crippen LogP contribution in [0.2, 0.25) is 0 Å². The van der Waals surface area contributed by atoms with Crippen molar-refractivity contribution in [2.24, 2.45) is 11.1 Å². The number of aliphatic carboxylic acids is 1. The molecule has 0 aromatic heterocycles. The Bertz CT molecular complexity index is 1210. The first-order valence-corrected chi connectivity index (χ1v) is 13.8. The summed E-state index contributed by atoms with van der Waals surface area (Å²) in [5, 5.41) is 13.2. The summed E-state index contributed by atoms with van der Waals surface area (Å²) in [6.07, 6.45) is 5.18. The second-order valence-corrected chi connectivity index (χ2v) is 10.6. The van der Waals surface area contributed by atoms with Crippen molar-refractivity contribution in [1.82, 2.24) is 4.90 Å². The molecule has 0 atom stereocenters. The minimum Gasteiger partial charge on any atom is -0.481 e. The molecule has 4 rings (SSSR count). The van der Waals surface area contributed by atoms with Gasteiger partial charge in [-0.25, -0.2) is 0 Å². The van der Waals surface area contributed by atoms with E-state index in [0.717, 1.165) is 55.2 Å². The van der Waals surface area contributed by atoms with E-state index >= 15 is 0 Å². The zero-order chi connectivity index (χ0) is 28.0. The molecule has 1 heterocycles. The van der Waals surface area contributed by atoms with Gasteiger partial charge in [0.1, 0.15) is 6.61 Å². The molecule has 1 saturated heterocycles. The summed E-state index contributed by atoms with van der Waals surface area (Å²) in [5.41, 5.74) is 4.06. The smallest absolute Gasteiger partial charge is 0.416 e. The van der Waals surface area contributed by atoms with Gasteiger partial charge in [0, 0.05) is 19.6 Å². The molecule has 0 amide bonds. The number of benzene rings is 2. The third-order valence-corrected chi connectivity index (χ3v) is 7.81. The maximum absolute atomic E-state index is 13.8. The van der Waals surface area contributed by atoms with Gasteiger partial charge in [-0.15, -0.1) is 0 Å². The Kier molecular flexibility index (Phi) is 9.49. The number of halogens is 3. The quantitative estimate of drug-likeness (QED) is 0.253. The lowest BCUT2D eigenvalue weighted by Gasteiger charge is -2.35. The zero-order valence-electron chi connectivity index (χ0n) is 22.6. The third-order valence-electron chi connectivity index (χ3n) is 7.81. The van der Waals surface area contributed by atoms with Gasteiger partial charge in [-0.2, -0.15) is 13.2 Å². The molecule has 2 fully saturated rings. The normalized spacial score (nSPS) is 17.9. The van der Waals surface area contributed by atoms with Crippen LogP contribution in [-0.2, 0) is 28.8 Å². The highest BCUT2D eigenvalue weighted by atomic mass is 19.4. The number of hydrogen-bond acceptors (Lipinski definition) is 4. The monoisotopic (exact) mass is 542 g/mol. The fourth-order valence-electron chi connectivity index (χ4n) is 5.47. The molecular weight excluding hydrogens is 505 g/mol. The van der Waals surface area contributed by atoms with Gasteiger partial charge in [0.05, 0.1) is 17.2 Å². The molecule has 0 radical (unpaired) electrons. The Labute approximate surface area is 228 Å². The summed E-state index contributed by atoms with van der Waals surface area (Å²) in [6.45, 7) is 5.73. The van der Waals surface area contributed by atoms with Crippen molar-refractivity contribution < 1.29 is 27.9 Å². The zero-order valence-corrected chi connectivity index (χ0v) is 22.6. The number of nitrogens with zero attached hydrogens (tertiary/aromatic N) is 2. The molecule has 2 aliphatic rings. The van der Waals surface area contributed by atoms with Gasteiger partial charge >= 0.3 is 12.1 Å². The van der Waals surface area contributed by atoms with E-state index in [1.54, 1.807) is 12.1 Å². The summed E-state index contributed by atoms with van der Waals surface area (Å²) in [7, 11) is 0. The van der Waals surface area contributed by atoms with Crippen LogP contribution in [0, 0.1) is 5.92 Å². The standard InChI is InChI=1S/C31H37F3N2O3/c1-3-23-17-26(13-12-24(23)10-7-15-36-18-27(19-36)30(37)38)21(2)35-39-20-22-11-14-28(25-8-5-4-6-9-25)29(16-22)31(32,33)34/h7,10-14,16-17,25,27H,3-6,8-9,15,18-20H2,1-2H3,(H,37,38)/b10-7+,35-21+. The Morgan fingerprint density at radius 1 is 1.13 bits per heavy atom. The molecule has 2 aromatic carbocycles. The highest BCUT2D eigenvalue weighted by Gasteiger charge is 2.36. The van der Waals surface area contributed by atoms with E-state index in [2.05, 4.69) is 23.1 Å². The van der Waals surface area contributed by atoms with Crippen LogP contribution in [-0.4, -0.2) is 41.3 Å². The summed E-state index contributed by atoms with van der Waals surface area (Å²) in [5.74, 6) is -1.03. The van der Waals surface area contributed by atoms with E-state index in [1.807, 2.05) is 31.2 Å². The maximum atomic E-state index is 13.8. The van der Waals surface area contributed by atoms with Crippen molar-refractivity contribution in [3.8, 4) is 0 Å². The molecule has 1 aliphatic carbocycles. The SMILES string of the molecule is CCc1cc(/C(C)=N/OCc2ccc(C3CCCCC3)c(C(F)(F)F)c2)ccc1/C=C/CN1CC(C(=O)O)C1. The highest BCUT2D eigenvalue weighted by Crippen LogP contribution is 2.41. The van der Waals surface area contributed by atoms with Crippen LogP contribution in [0.3, 0.4) is 0 Å². The molecule has 210 valence electrons. The number of carboxylic acid groups (broad SMARTS) is 1. The topological polar surface area (TPSA) is 62.1 Å². The summed E-state index contributed by atoms with van der Waals surface area (Å²) >= 11 is 0. The Morgan fingerprint density at radius 2 is 1.87 bits per heavy atom. The van der Waals surface area contributed by atoms with E-state index in [-0.39, 0.29) is 18.4 Å². The van der Waals surface area contributed by atoms with E-state index in [1.165, 1.54) is 6.07 Å². The minimum absolute atomic E-state index is 0.0313. The molecule has 1 N–H and O–H groups in total. The Hall–Kier alpha value is -3.13. The van der Waals surface area contributed by atoms with Gasteiger partial charge in [-0.05, 0) is 72.1 Å². The van der Waals surface area contributed by atoms with Crippen molar-refractivity contribution in [3.63, 3.8) is 0 Å². The minimum atomic E-state index is -4.40. The lowest BCUT2D eigenvalue weighted by Crippen LogP contribution is -2.50. The fourth-order valence-corrected chi connectivity index (χ4v) is 5.47. The molecule has 0 bridgehead atoms. The molecule has 2 aromatic rings. The first kappa shape index (κ1) is 28.9. The van der Waals surface area contributed by atoms with Crippen LogP contribution in [0.15, 0.2) is 47.6 Å². The highest BCUT2D eigenvalue weighted by molar-refractivity contribution is 5.98. The van der Waals surface area contributed by atoms with Crippen LogP contribution in [0.4, 0.5) is 13.2 Å². The predicted octanol–water partition coefficient (Wildman–Crippen LogP) is 7.29. The molecule has 1 saturated carbocycles. The second-order valence-electron chi connectivity index (χ2n) is 10.6. The van der Waals surface area contributed by atoms with Crippen molar-refractivity contribution in [3.05, 3.63) is 75.9 Å². The van der Waals surface area contributed by atoms with Crippen LogP contribution in [0.5, 0.6) is 0 Å². The first-order valence-electron chi connectivity index (χ1n) is 13.8. The molecule has 0 unspecified atom stereocenters. The summed E-state index contributed by atoms with van der Waals surface area (Å²) < 4.78 is 41.5. The van der Waals surface area contributed by atoms with Crippen molar-refractivity contribution >= 4 is 17.8 Å². The van der Waals surface area contributed by atoms with Crippen LogP contribution < -0.4 is 0 Å². The van der Waals surface area contributed by atoms with Gasteiger partial charge in [-0.1, -0.05) is 67.8 Å². The van der Waals surface area contributed by atoms with Crippen LogP contribution >= 0.6 is 0 Å². The molecule has 1 aliphatic heterocycles. The average molecular weight is 543 g/mol. The lowest BCUT2D eigenvalue weighted by molar-refractivity contribution is -0.147. The Balaban J connectivity index is 1.37. The van der Waals surface area contributed by atoms with E-state index < -0.39 is 17.7 Å². The van der Waals surface area contributed by atoms with Gasteiger partial charge in [0.15, 0.2) is 0 Å².